The van der Waals surface area contributed by atoms with Crippen LogP contribution in [0.5, 0.6) is 0 Å². The minimum absolute atomic E-state index is 1.06. The SMILES string of the molecule is CC/C(Br)=C\NC. The van der Waals surface area contributed by atoms with E-state index >= 15 is 0 Å². The highest BCUT2D eigenvalue weighted by atomic mass is 79.9. The minimum atomic E-state index is 1.06. The van der Waals surface area contributed by atoms with Crippen LogP contribution in [0.2, 0.25) is 0 Å². The van der Waals surface area contributed by atoms with Gasteiger partial charge >= 0.3 is 0 Å². The van der Waals surface area contributed by atoms with Crippen molar-refractivity contribution in [2.45, 2.75) is 13.3 Å². The average molecular weight is 164 g/mol. The third kappa shape index (κ3) is 3.86. The fraction of sp³-hybridized carbons (Fsp3) is 0.600. The number of hydrogen-bond acceptors (Lipinski definition) is 1. The molecule has 7 heavy (non-hydrogen) atoms. The largest absolute Gasteiger partial charge is 0.393 e. The molecule has 42 valence electrons. The second kappa shape index (κ2) is 4.19. The van der Waals surface area contributed by atoms with Crippen LogP contribution in [0.1, 0.15) is 13.3 Å². The molecule has 1 N–H and O–H groups in total. The van der Waals surface area contributed by atoms with Crippen molar-refractivity contribution >= 4 is 15.9 Å². The Labute approximate surface area is 52.9 Å². The second-order valence-electron chi connectivity index (χ2n) is 1.23. The molecule has 0 aromatic rings. The summed E-state index contributed by atoms with van der Waals surface area (Å²) in [6, 6.07) is 0. The van der Waals surface area contributed by atoms with Gasteiger partial charge in [-0.05, 0) is 6.42 Å². The first-order chi connectivity index (χ1) is 3.31. The summed E-state index contributed by atoms with van der Waals surface area (Å²) in [7, 11) is 1.89. The molecule has 0 aromatic heterocycles. The van der Waals surface area contributed by atoms with Crippen LogP contribution in [0.25, 0.3) is 0 Å². The van der Waals surface area contributed by atoms with Crippen molar-refractivity contribution in [1.29, 1.82) is 0 Å². The highest BCUT2D eigenvalue weighted by Crippen LogP contribution is 2.05. The van der Waals surface area contributed by atoms with Crippen LogP contribution in [0.3, 0.4) is 0 Å². The molecule has 0 radical (unpaired) electrons. The first-order valence-corrected chi connectivity index (χ1v) is 3.12. The van der Waals surface area contributed by atoms with Gasteiger partial charge in [0, 0.05) is 17.7 Å². The molecule has 0 saturated carbocycles. The zero-order valence-electron chi connectivity index (χ0n) is 4.66. The van der Waals surface area contributed by atoms with Crippen molar-refractivity contribution in [2.75, 3.05) is 7.05 Å². The highest BCUT2D eigenvalue weighted by Gasteiger charge is 1.78. The third-order valence-corrected chi connectivity index (χ3v) is 1.43. The van der Waals surface area contributed by atoms with E-state index in [0.29, 0.717) is 0 Å². The molecular formula is C5H10BrN. The fourth-order valence-electron chi connectivity index (χ4n) is 0.259. The van der Waals surface area contributed by atoms with Crippen LogP contribution >= 0.6 is 15.9 Å². The summed E-state index contributed by atoms with van der Waals surface area (Å²) in [6.07, 6.45) is 2.99. The van der Waals surface area contributed by atoms with Gasteiger partial charge in [-0.25, -0.2) is 0 Å². The van der Waals surface area contributed by atoms with Gasteiger partial charge in [0.1, 0.15) is 0 Å². The summed E-state index contributed by atoms with van der Waals surface area (Å²) in [5.41, 5.74) is 0. The second-order valence-corrected chi connectivity index (χ2v) is 2.25. The summed E-state index contributed by atoms with van der Waals surface area (Å²) < 4.78 is 1.20. The predicted molar refractivity (Wildman–Crippen MR) is 36.4 cm³/mol. The Kier molecular flexibility index (Phi) is 4.20. The summed E-state index contributed by atoms with van der Waals surface area (Å²) in [6.45, 7) is 2.10. The van der Waals surface area contributed by atoms with Gasteiger partial charge in [0.15, 0.2) is 0 Å². The Morgan fingerprint density at radius 2 is 2.43 bits per heavy atom. The Balaban J connectivity index is 3.29. The van der Waals surface area contributed by atoms with Gasteiger partial charge in [0.05, 0.1) is 0 Å². The molecule has 2 heteroatoms. The lowest BCUT2D eigenvalue weighted by Gasteiger charge is -1.88. The molecule has 0 atom stereocenters. The molecule has 0 aliphatic heterocycles. The smallest absolute Gasteiger partial charge is 0.0104 e. The van der Waals surface area contributed by atoms with Gasteiger partial charge < -0.3 is 5.32 Å². The van der Waals surface area contributed by atoms with Crippen molar-refractivity contribution in [3.63, 3.8) is 0 Å². The number of hydrogen-bond donors (Lipinski definition) is 1. The normalized spacial score (nSPS) is 11.6. The molecule has 0 rings (SSSR count). The molecule has 0 fully saturated rings. The van der Waals surface area contributed by atoms with Gasteiger partial charge in [0.2, 0.25) is 0 Å². The Morgan fingerprint density at radius 3 is 2.57 bits per heavy atom. The molecule has 0 aliphatic rings. The van der Waals surface area contributed by atoms with E-state index in [9.17, 15) is 0 Å². The van der Waals surface area contributed by atoms with E-state index in [4.69, 9.17) is 0 Å². The number of halogens is 1. The monoisotopic (exact) mass is 163 g/mol. The molecular weight excluding hydrogens is 154 g/mol. The maximum absolute atomic E-state index is 3.34. The lowest BCUT2D eigenvalue weighted by molar-refractivity contribution is 1.06. The zero-order chi connectivity index (χ0) is 5.70. The topological polar surface area (TPSA) is 12.0 Å². The van der Waals surface area contributed by atoms with Gasteiger partial charge in [-0.2, -0.15) is 0 Å². The number of allylic oxidation sites excluding steroid dienone is 1. The predicted octanol–water partition coefficient (Wildman–Crippen LogP) is 1.85. The van der Waals surface area contributed by atoms with Gasteiger partial charge in [-0.3, -0.25) is 0 Å². The Bertz CT molecular complexity index is 68.5. The minimum Gasteiger partial charge on any atom is -0.393 e. The summed E-state index contributed by atoms with van der Waals surface area (Å²) in [5, 5.41) is 2.91. The summed E-state index contributed by atoms with van der Waals surface area (Å²) in [4.78, 5) is 0. The molecule has 0 heterocycles. The number of rotatable bonds is 2. The molecule has 0 bridgehead atoms. The standard InChI is InChI=1S/C5H10BrN/c1-3-5(6)4-7-2/h4,7H,3H2,1-2H3/b5-4+. The lowest BCUT2D eigenvalue weighted by Crippen LogP contribution is -1.92. The summed E-state index contributed by atoms with van der Waals surface area (Å²) >= 11 is 3.34. The van der Waals surface area contributed by atoms with Gasteiger partial charge in [-0.1, -0.05) is 22.9 Å². The third-order valence-electron chi connectivity index (χ3n) is 0.639. The van der Waals surface area contributed by atoms with Crippen LogP contribution in [0.15, 0.2) is 10.7 Å². The molecule has 0 saturated heterocycles. The van der Waals surface area contributed by atoms with E-state index in [1.165, 1.54) is 4.48 Å². The molecule has 0 spiro atoms. The Hall–Kier alpha value is 0.0200. The van der Waals surface area contributed by atoms with Crippen LogP contribution in [0, 0.1) is 0 Å². The van der Waals surface area contributed by atoms with Crippen molar-refractivity contribution in [3.8, 4) is 0 Å². The van der Waals surface area contributed by atoms with Crippen LogP contribution < -0.4 is 5.32 Å². The zero-order valence-corrected chi connectivity index (χ0v) is 6.25. The number of nitrogens with one attached hydrogen (secondary N) is 1. The quantitative estimate of drug-likeness (QED) is 0.656. The molecule has 0 unspecified atom stereocenters. The van der Waals surface area contributed by atoms with E-state index in [-0.39, 0.29) is 0 Å². The van der Waals surface area contributed by atoms with E-state index in [1.807, 2.05) is 13.2 Å². The van der Waals surface area contributed by atoms with E-state index in [0.717, 1.165) is 6.42 Å². The molecule has 1 nitrogen and oxygen atoms in total. The van der Waals surface area contributed by atoms with Crippen molar-refractivity contribution in [2.24, 2.45) is 0 Å². The highest BCUT2D eigenvalue weighted by molar-refractivity contribution is 9.11. The van der Waals surface area contributed by atoms with Crippen LogP contribution in [-0.2, 0) is 0 Å². The molecule has 0 aromatic carbocycles. The lowest BCUT2D eigenvalue weighted by atomic mass is 10.5. The van der Waals surface area contributed by atoms with Gasteiger partial charge in [0.25, 0.3) is 0 Å². The van der Waals surface area contributed by atoms with Crippen molar-refractivity contribution in [3.05, 3.63) is 10.7 Å². The first kappa shape index (κ1) is 7.02. The van der Waals surface area contributed by atoms with Crippen LogP contribution in [-0.4, -0.2) is 7.05 Å². The first-order valence-electron chi connectivity index (χ1n) is 2.33. The molecule has 0 amide bonds. The summed E-state index contributed by atoms with van der Waals surface area (Å²) in [5.74, 6) is 0. The van der Waals surface area contributed by atoms with Crippen molar-refractivity contribution in [1.82, 2.24) is 5.32 Å². The Morgan fingerprint density at radius 1 is 1.86 bits per heavy atom. The fourth-order valence-corrected chi connectivity index (χ4v) is 0.488. The molecule has 0 aliphatic carbocycles. The van der Waals surface area contributed by atoms with E-state index in [1.54, 1.807) is 0 Å². The van der Waals surface area contributed by atoms with Crippen molar-refractivity contribution < 1.29 is 0 Å². The van der Waals surface area contributed by atoms with E-state index < -0.39 is 0 Å². The van der Waals surface area contributed by atoms with Crippen LogP contribution in [0.4, 0.5) is 0 Å². The maximum atomic E-state index is 3.34. The van der Waals surface area contributed by atoms with Gasteiger partial charge in [-0.15, -0.1) is 0 Å². The average Bonchev–Trinajstić information content (AvgIpc) is 1.68. The van der Waals surface area contributed by atoms with E-state index in [2.05, 4.69) is 28.2 Å². The maximum Gasteiger partial charge on any atom is 0.0104 e.